The molecule has 1 aromatic carbocycles. The number of carboxylic acids is 1. The van der Waals surface area contributed by atoms with Crippen LogP contribution in [0.4, 0.5) is 0 Å². The molecule has 0 bridgehead atoms. The molecular weight excluding hydrogens is 1000 g/mol. The quantitative estimate of drug-likeness (QED) is 0.0360. The van der Waals surface area contributed by atoms with Crippen molar-refractivity contribution in [1.82, 2.24) is 51.7 Å². The van der Waals surface area contributed by atoms with Gasteiger partial charge in [-0.15, -0.1) is 0 Å². The Hall–Kier alpha value is -8.25. The Labute approximate surface area is 434 Å². The summed E-state index contributed by atoms with van der Waals surface area (Å²) in [6, 6.07) is -8.39. The van der Waals surface area contributed by atoms with Gasteiger partial charge in [-0.2, -0.15) is 0 Å². The third kappa shape index (κ3) is 17.7. The van der Waals surface area contributed by atoms with Crippen LogP contribution in [0.25, 0.3) is 0 Å². The summed E-state index contributed by atoms with van der Waals surface area (Å²) in [4.78, 5) is 167. The van der Waals surface area contributed by atoms with Crippen molar-refractivity contribution in [1.29, 1.82) is 0 Å². The topological polar surface area (TPSA) is 497 Å². The summed E-state index contributed by atoms with van der Waals surface area (Å²) < 4.78 is 0. The Bertz CT molecular complexity index is 2440. The summed E-state index contributed by atoms with van der Waals surface area (Å²) in [6.07, 6.45) is -0.759. The molecule has 3 heterocycles. The molecule has 2 saturated heterocycles. The molecule has 30 heteroatoms. The number of hydrogen-bond acceptors (Lipinski definition) is 17. The third-order valence-corrected chi connectivity index (χ3v) is 12.5. The number of nitrogens with one attached hydrogen (secondary N) is 7. The van der Waals surface area contributed by atoms with Crippen LogP contribution in [0.1, 0.15) is 76.0 Å². The molecule has 0 spiro atoms. The van der Waals surface area contributed by atoms with Gasteiger partial charge in [-0.1, -0.05) is 12.1 Å². The molecule has 4 rings (SSSR count). The van der Waals surface area contributed by atoms with Crippen molar-refractivity contribution in [2.75, 3.05) is 19.7 Å². The Morgan fingerprint density at radius 1 is 0.684 bits per heavy atom. The maximum absolute atomic E-state index is 14.3. The fourth-order valence-electron chi connectivity index (χ4n) is 8.47. The van der Waals surface area contributed by atoms with Crippen molar-refractivity contribution in [3.63, 3.8) is 0 Å². The molecule has 0 aliphatic carbocycles. The number of nitrogens with zero attached hydrogens (tertiary/aromatic N) is 3. The molecule has 30 nitrogen and oxygen atoms in total. The van der Waals surface area contributed by atoms with Crippen LogP contribution < -0.4 is 54.8 Å². The second kappa shape index (κ2) is 28.4. The van der Waals surface area contributed by atoms with Crippen molar-refractivity contribution >= 4 is 70.9 Å². The van der Waals surface area contributed by atoms with E-state index in [-0.39, 0.29) is 70.2 Å². The molecule has 76 heavy (non-hydrogen) atoms. The lowest BCUT2D eigenvalue weighted by molar-refractivity contribution is -0.149. The first-order valence-corrected chi connectivity index (χ1v) is 24.2. The number of phenols is 1. The van der Waals surface area contributed by atoms with Gasteiger partial charge in [0.2, 0.25) is 65.0 Å². The van der Waals surface area contributed by atoms with Gasteiger partial charge in [-0.25, -0.2) is 9.78 Å². The van der Waals surface area contributed by atoms with Gasteiger partial charge in [0.25, 0.3) is 0 Å². The average molecular weight is 1070 g/mol. The molecule has 11 amide bonds. The minimum atomic E-state index is -1.89. The van der Waals surface area contributed by atoms with E-state index in [0.717, 1.165) is 11.8 Å². The largest absolute Gasteiger partial charge is 0.508 e. The number of H-pyrrole nitrogens is 1. The van der Waals surface area contributed by atoms with Gasteiger partial charge < -0.3 is 90.0 Å². The molecule has 10 atom stereocenters. The van der Waals surface area contributed by atoms with E-state index in [0.29, 0.717) is 17.7 Å². The Morgan fingerprint density at radius 2 is 1.21 bits per heavy atom. The SMILES string of the molecule is C[C@@H](O)[C@H](NC(=O)[C@@H]1CCCN1C(=O)[C@@H]1CCCN1C(=O)[C@H](CC(N)=O)NC(=O)[C@H](CO)NC(=O)[C@H](Cc1ccc(O)cc1)NC(=O)[C@H](Cc1cnc[nH]1)NC(=O)[C@H](CCC(N)=O)NC(=O)[C@@H](N)CCC(N)=O)C(=O)O. The first-order chi connectivity index (χ1) is 35.9. The van der Waals surface area contributed by atoms with E-state index in [9.17, 15) is 78.0 Å². The van der Waals surface area contributed by atoms with Crippen LogP contribution in [0, 0.1) is 0 Å². The lowest BCUT2D eigenvalue weighted by Gasteiger charge is -2.33. The van der Waals surface area contributed by atoms with Crippen molar-refractivity contribution < 1.29 is 78.0 Å². The number of likely N-dealkylation sites (tertiary alicyclic amines) is 2. The number of aliphatic hydroxyl groups is 2. The number of aliphatic carboxylic acids is 1. The monoisotopic (exact) mass is 1070 g/mol. The Balaban J connectivity index is 1.56. The first kappa shape index (κ1) is 60.3. The highest BCUT2D eigenvalue weighted by Crippen LogP contribution is 2.26. The number of aromatic hydroxyl groups is 1. The number of benzene rings is 1. The molecule has 416 valence electrons. The predicted molar refractivity (Wildman–Crippen MR) is 260 cm³/mol. The van der Waals surface area contributed by atoms with Crippen molar-refractivity contribution in [2.24, 2.45) is 22.9 Å². The zero-order valence-corrected chi connectivity index (χ0v) is 41.5. The highest BCUT2D eigenvalue weighted by atomic mass is 16.4. The van der Waals surface area contributed by atoms with Gasteiger partial charge in [0.15, 0.2) is 6.04 Å². The number of carbonyl (C=O) groups is 12. The second-order valence-corrected chi connectivity index (χ2v) is 18.4. The maximum atomic E-state index is 14.3. The van der Waals surface area contributed by atoms with Gasteiger partial charge >= 0.3 is 5.97 Å². The molecule has 0 radical (unpaired) electrons. The van der Waals surface area contributed by atoms with E-state index in [4.69, 9.17) is 22.9 Å². The summed E-state index contributed by atoms with van der Waals surface area (Å²) >= 11 is 0. The van der Waals surface area contributed by atoms with Crippen molar-refractivity contribution in [3.05, 3.63) is 48.0 Å². The van der Waals surface area contributed by atoms with Crippen LogP contribution >= 0.6 is 0 Å². The first-order valence-electron chi connectivity index (χ1n) is 24.2. The van der Waals surface area contributed by atoms with Crippen LogP contribution in [0.2, 0.25) is 0 Å². The second-order valence-electron chi connectivity index (χ2n) is 18.4. The highest BCUT2D eigenvalue weighted by molar-refractivity contribution is 5.99. The number of phenolic OH excluding ortho intramolecular Hbond substituents is 1. The molecule has 19 N–H and O–H groups in total. The number of aliphatic hydroxyl groups excluding tert-OH is 2. The molecule has 1 aromatic heterocycles. The van der Waals surface area contributed by atoms with E-state index in [2.05, 4.69) is 41.9 Å². The molecule has 0 unspecified atom stereocenters. The number of rotatable bonds is 29. The number of aromatic amines is 1. The molecular formula is C46H66N14O16. The minimum Gasteiger partial charge on any atom is -0.508 e. The average Bonchev–Trinajstić information content (AvgIpc) is 4.18. The van der Waals surface area contributed by atoms with Gasteiger partial charge in [0, 0.05) is 50.7 Å². The smallest absolute Gasteiger partial charge is 0.328 e. The van der Waals surface area contributed by atoms with E-state index in [1.54, 1.807) is 0 Å². The summed E-state index contributed by atoms with van der Waals surface area (Å²) in [5.74, 6) is -12.1. The van der Waals surface area contributed by atoms with Crippen LogP contribution in [0.5, 0.6) is 5.75 Å². The fourth-order valence-corrected chi connectivity index (χ4v) is 8.47. The number of imidazole rings is 1. The van der Waals surface area contributed by atoms with Gasteiger partial charge in [-0.05, 0) is 63.1 Å². The van der Waals surface area contributed by atoms with Crippen molar-refractivity contribution in [3.8, 4) is 5.75 Å². The van der Waals surface area contributed by atoms with Crippen molar-refractivity contribution in [2.45, 2.75) is 138 Å². The van der Waals surface area contributed by atoms with E-state index in [1.807, 2.05) is 0 Å². The number of amides is 11. The van der Waals surface area contributed by atoms with Gasteiger partial charge in [0.05, 0.1) is 31.5 Å². The lowest BCUT2D eigenvalue weighted by Crippen LogP contribution is -2.61. The number of carboxylic acid groups (broad SMARTS) is 1. The normalized spacial score (nSPS) is 18.3. The van der Waals surface area contributed by atoms with E-state index < -0.39 is 151 Å². The molecule has 0 saturated carbocycles. The van der Waals surface area contributed by atoms with Crippen LogP contribution in [0.3, 0.4) is 0 Å². The summed E-state index contributed by atoms with van der Waals surface area (Å²) in [5.41, 5.74) is 22.5. The zero-order chi connectivity index (χ0) is 56.4. The van der Waals surface area contributed by atoms with Crippen LogP contribution in [-0.4, -0.2) is 191 Å². The highest BCUT2D eigenvalue weighted by Gasteiger charge is 2.45. The molecule has 2 aromatic rings. The standard InChI is InChI=1S/C46H66N14O16/c1-22(62)37(46(75)76)58-43(72)32-4-2-14-59(32)45(74)33-5-3-15-60(33)44(73)30(18-36(50)66)56-42(71)31(20-61)57-40(69)28(16-23-6-8-25(63)9-7-23)54-41(70)29(17-24-19-51-21-52-24)55-39(68)27(11-13-35(49)65)53-38(67)26(47)10-12-34(48)64/h6-9,19,21-22,26-33,37,61-63H,2-5,10-18,20,47H2,1H3,(H2,48,64)(H2,49,65)(H2,50,66)(H,51,52)(H,53,67)(H,54,70)(H,55,68)(H,56,71)(H,57,69)(H,58,72)(H,75,76)/t22-,26+,27+,28+,29+,30+,31+,32+,33+,37+/m1/s1. The summed E-state index contributed by atoms with van der Waals surface area (Å²) in [7, 11) is 0. The number of hydrogen-bond donors (Lipinski definition) is 15. The lowest BCUT2D eigenvalue weighted by atomic mass is 10.0. The van der Waals surface area contributed by atoms with Crippen LogP contribution in [0.15, 0.2) is 36.8 Å². The Kier molecular flexibility index (Phi) is 22.6. The summed E-state index contributed by atoms with van der Waals surface area (Å²) in [5, 5.41) is 54.0. The fraction of sp³-hybridized carbons (Fsp3) is 0.543. The van der Waals surface area contributed by atoms with E-state index in [1.165, 1.54) is 41.7 Å². The number of primary amides is 3. The van der Waals surface area contributed by atoms with Gasteiger partial charge in [-0.3, -0.25) is 52.7 Å². The van der Waals surface area contributed by atoms with Crippen LogP contribution in [-0.2, 0) is 70.4 Å². The number of nitrogens with two attached hydrogens (primary N) is 4. The summed E-state index contributed by atoms with van der Waals surface area (Å²) in [6.45, 7) is 0.0476. The van der Waals surface area contributed by atoms with E-state index >= 15 is 0 Å². The predicted octanol–water partition coefficient (Wildman–Crippen LogP) is -7.02. The van der Waals surface area contributed by atoms with Gasteiger partial charge in [0.1, 0.15) is 48.0 Å². The number of aromatic nitrogens is 2. The third-order valence-electron chi connectivity index (χ3n) is 12.5. The minimum absolute atomic E-state index is 0.0515. The molecule has 2 fully saturated rings. The maximum Gasteiger partial charge on any atom is 0.328 e. The molecule has 2 aliphatic heterocycles. The molecule has 2 aliphatic rings. The zero-order valence-electron chi connectivity index (χ0n) is 41.5. The number of carbonyl (C=O) groups excluding carboxylic acids is 11. The Morgan fingerprint density at radius 3 is 1.76 bits per heavy atom.